The van der Waals surface area contributed by atoms with Crippen molar-refractivity contribution in [2.75, 3.05) is 47.5 Å². The van der Waals surface area contributed by atoms with Crippen LogP contribution in [0.5, 0.6) is 0 Å². The monoisotopic (exact) mass is 1380 g/mol. The number of quaternary nitrogens is 1. The van der Waals surface area contributed by atoms with E-state index in [1.807, 2.05) is 21.1 Å². The molecule has 0 saturated heterocycles. The fourth-order valence-corrected chi connectivity index (χ4v) is 11.9. The Labute approximate surface area is 612 Å². The van der Waals surface area contributed by atoms with Gasteiger partial charge in [0.2, 0.25) is 0 Å². The maximum Gasteiger partial charge on any atom is 0.361 e. The molecule has 0 heterocycles. The second-order valence-corrected chi connectivity index (χ2v) is 29.1. The topological polar surface area (TPSA) is 108 Å². The third-order valence-electron chi connectivity index (χ3n) is 18.2. The van der Waals surface area contributed by atoms with Gasteiger partial charge >= 0.3 is 17.9 Å². The summed E-state index contributed by atoms with van der Waals surface area (Å²) in [6.45, 7) is 4.79. The normalized spacial score (nSPS) is 13.3. The van der Waals surface area contributed by atoms with Gasteiger partial charge < -0.3 is 28.5 Å². The molecule has 0 rings (SSSR count). The SMILES string of the molecule is CC/C=C\C/C=C\C/C=C\C/C=C\C/C=C\C/C=C\C/C=C\CCCCCCCCCCCCCCCCCC(=O)OC(COC(=O)CCCCCCCCCCCCCCCCCCCCCCCC/C=C\C/C=C\C/C=C\CCCCCCC)COC(OCC[N+](C)(C)C)C(=O)O. The van der Waals surface area contributed by atoms with Crippen LogP contribution >= 0.6 is 0 Å². The smallest absolute Gasteiger partial charge is 0.361 e. The van der Waals surface area contributed by atoms with E-state index in [0.29, 0.717) is 17.4 Å². The molecule has 0 aromatic heterocycles. The molecule has 0 aliphatic heterocycles. The van der Waals surface area contributed by atoms with E-state index in [4.69, 9.17) is 18.9 Å². The summed E-state index contributed by atoms with van der Waals surface area (Å²) in [5.41, 5.74) is 0. The Morgan fingerprint density at radius 3 is 0.859 bits per heavy atom. The number of likely N-dealkylation sites (N-methyl/N-ethyl adjacent to an activating group) is 1. The van der Waals surface area contributed by atoms with Crippen molar-refractivity contribution < 1.29 is 42.9 Å². The van der Waals surface area contributed by atoms with Gasteiger partial charge in [0.05, 0.1) is 34.4 Å². The molecule has 0 aromatic carbocycles. The fourth-order valence-electron chi connectivity index (χ4n) is 11.9. The minimum absolute atomic E-state index is 0.182. The number of hydrogen-bond acceptors (Lipinski definition) is 7. The molecule has 0 fully saturated rings. The first kappa shape index (κ1) is 94.7. The first-order chi connectivity index (χ1) is 48.6. The first-order valence-electron chi connectivity index (χ1n) is 41.7. The van der Waals surface area contributed by atoms with E-state index in [2.05, 4.69) is 135 Å². The van der Waals surface area contributed by atoms with E-state index in [9.17, 15) is 19.5 Å². The lowest BCUT2D eigenvalue weighted by Gasteiger charge is -2.25. The molecule has 99 heavy (non-hydrogen) atoms. The van der Waals surface area contributed by atoms with E-state index < -0.39 is 24.3 Å². The molecule has 0 amide bonds. The largest absolute Gasteiger partial charge is 0.477 e. The van der Waals surface area contributed by atoms with Crippen molar-refractivity contribution in [3.63, 3.8) is 0 Å². The average molecular weight is 1380 g/mol. The molecular formula is C90H158NO8+. The number of unbranched alkanes of at least 4 members (excludes halogenated alkanes) is 42. The Bertz CT molecular complexity index is 2050. The van der Waals surface area contributed by atoms with Crippen LogP contribution in [0, 0.1) is 0 Å². The molecule has 0 saturated carbocycles. The molecule has 2 atom stereocenters. The quantitative estimate of drug-likeness (QED) is 0.0211. The summed E-state index contributed by atoms with van der Waals surface area (Å²) in [4.78, 5) is 37.8. The summed E-state index contributed by atoms with van der Waals surface area (Å²) in [5.74, 6) is -1.99. The number of rotatable bonds is 77. The number of carbonyl (C=O) groups is 3. The second kappa shape index (κ2) is 79.4. The van der Waals surface area contributed by atoms with Crippen LogP contribution in [0.1, 0.15) is 373 Å². The van der Waals surface area contributed by atoms with Crippen molar-refractivity contribution in [3.05, 3.63) is 122 Å². The van der Waals surface area contributed by atoms with Gasteiger partial charge in [0.1, 0.15) is 13.2 Å². The lowest BCUT2D eigenvalue weighted by atomic mass is 10.0. The van der Waals surface area contributed by atoms with Gasteiger partial charge in [0.15, 0.2) is 6.10 Å². The summed E-state index contributed by atoms with van der Waals surface area (Å²) in [6.07, 6.45) is 111. The second-order valence-electron chi connectivity index (χ2n) is 29.1. The maximum absolute atomic E-state index is 13.0. The molecule has 2 unspecified atom stereocenters. The van der Waals surface area contributed by atoms with Gasteiger partial charge in [0.25, 0.3) is 6.29 Å². The third kappa shape index (κ3) is 80.9. The number of aliphatic carboxylic acids is 1. The van der Waals surface area contributed by atoms with Gasteiger partial charge in [-0.25, -0.2) is 4.79 Å². The van der Waals surface area contributed by atoms with Gasteiger partial charge in [-0.1, -0.05) is 373 Å². The van der Waals surface area contributed by atoms with Crippen LogP contribution in [0.25, 0.3) is 0 Å². The van der Waals surface area contributed by atoms with E-state index in [0.717, 1.165) is 96.3 Å². The summed E-state index contributed by atoms with van der Waals surface area (Å²) >= 11 is 0. The highest BCUT2D eigenvalue weighted by Crippen LogP contribution is 2.19. The standard InChI is InChI=1S/C90H157NO8/c1-6-8-10-12-14-16-18-20-22-24-26-28-30-32-34-36-38-40-42-44-46-48-50-52-54-56-58-60-62-64-66-68-70-72-74-76-78-80-87(92)97-84-86(85-98-90(89(94)95)96-83-82-91(3,4)5)99-88(93)81-79-77-75-73-71-69-67-65-63-61-59-57-55-53-51-49-47-45-43-41-39-37-35-33-31-29-27-25-23-21-19-17-15-13-11-9-7-2/h9,11,15,17-18,20-21,23-24,26-27,29-30,32-33,35,39,41,45,47,86,90H,6-8,10,12-14,16,19,22,25,28,31,34,36-38,40,42-44,46,48-85H2,1-5H3/p+1/b11-9-,17-15-,20-18-,23-21-,26-24-,29-27-,32-30-,35-33-,41-39-,47-45-. The number of ether oxygens (including phenoxy) is 4. The lowest BCUT2D eigenvalue weighted by molar-refractivity contribution is -0.870. The molecule has 9 heteroatoms. The zero-order chi connectivity index (χ0) is 71.8. The highest BCUT2D eigenvalue weighted by atomic mass is 16.7. The number of allylic oxidation sites excluding steroid dienone is 20. The predicted molar refractivity (Wildman–Crippen MR) is 428 cm³/mol. The Kier molecular flexibility index (Phi) is 75.9. The highest BCUT2D eigenvalue weighted by molar-refractivity contribution is 5.71. The minimum atomic E-state index is -1.52. The van der Waals surface area contributed by atoms with Crippen LogP contribution < -0.4 is 0 Å². The highest BCUT2D eigenvalue weighted by Gasteiger charge is 2.25. The van der Waals surface area contributed by atoms with E-state index in [1.54, 1.807) is 0 Å². The molecule has 0 aliphatic rings. The van der Waals surface area contributed by atoms with Gasteiger partial charge in [-0.15, -0.1) is 0 Å². The Balaban J connectivity index is 4.00. The minimum Gasteiger partial charge on any atom is -0.477 e. The number of carboxylic acids is 1. The first-order valence-corrected chi connectivity index (χ1v) is 41.7. The van der Waals surface area contributed by atoms with E-state index >= 15 is 0 Å². The number of nitrogens with zero attached hydrogens (tertiary/aromatic N) is 1. The predicted octanol–water partition coefficient (Wildman–Crippen LogP) is 27.0. The van der Waals surface area contributed by atoms with Crippen LogP contribution in [0.15, 0.2) is 122 Å². The molecule has 0 spiro atoms. The van der Waals surface area contributed by atoms with Gasteiger partial charge in [-0.05, 0) is 109 Å². The van der Waals surface area contributed by atoms with Crippen LogP contribution in [0.2, 0.25) is 0 Å². The summed E-state index contributed by atoms with van der Waals surface area (Å²) < 4.78 is 23.1. The molecule has 0 bridgehead atoms. The molecule has 1 N–H and O–H groups in total. The molecule has 570 valence electrons. The van der Waals surface area contributed by atoms with Crippen molar-refractivity contribution in [1.29, 1.82) is 0 Å². The molecule has 0 aromatic rings. The van der Waals surface area contributed by atoms with Crippen LogP contribution in [-0.2, 0) is 33.3 Å². The number of carbonyl (C=O) groups excluding carboxylic acids is 2. The van der Waals surface area contributed by atoms with Crippen LogP contribution in [0.3, 0.4) is 0 Å². The van der Waals surface area contributed by atoms with Gasteiger partial charge in [0, 0.05) is 12.8 Å². The number of esters is 2. The zero-order valence-corrected chi connectivity index (χ0v) is 65.4. The number of hydrogen-bond donors (Lipinski definition) is 1. The molecule has 0 aliphatic carbocycles. The number of carboxylic acid groups (broad SMARTS) is 1. The molecular weight excluding hydrogens is 1220 g/mol. The van der Waals surface area contributed by atoms with Crippen molar-refractivity contribution in [3.8, 4) is 0 Å². The fraction of sp³-hybridized carbons (Fsp3) is 0.744. The van der Waals surface area contributed by atoms with Gasteiger partial charge in [-0.2, -0.15) is 0 Å². The van der Waals surface area contributed by atoms with Crippen molar-refractivity contribution in [1.82, 2.24) is 0 Å². The summed E-state index contributed by atoms with van der Waals surface area (Å²) in [7, 11) is 5.99. The van der Waals surface area contributed by atoms with Crippen LogP contribution in [0.4, 0.5) is 0 Å². The van der Waals surface area contributed by atoms with Crippen molar-refractivity contribution in [2.24, 2.45) is 0 Å². The summed E-state index contributed by atoms with van der Waals surface area (Å²) in [6, 6.07) is 0. The van der Waals surface area contributed by atoms with Crippen molar-refractivity contribution >= 4 is 17.9 Å². The molecule has 0 radical (unpaired) electrons. The summed E-state index contributed by atoms with van der Waals surface area (Å²) in [5, 5.41) is 9.78. The Morgan fingerprint density at radius 1 is 0.313 bits per heavy atom. The van der Waals surface area contributed by atoms with E-state index in [-0.39, 0.29) is 32.2 Å². The molecule has 9 nitrogen and oxygen atoms in total. The third-order valence-corrected chi connectivity index (χ3v) is 18.2. The van der Waals surface area contributed by atoms with Crippen molar-refractivity contribution in [2.45, 2.75) is 386 Å². The Morgan fingerprint density at radius 2 is 0.576 bits per heavy atom. The van der Waals surface area contributed by atoms with Gasteiger partial charge in [-0.3, -0.25) is 9.59 Å². The maximum atomic E-state index is 13.0. The average Bonchev–Trinajstić information content (AvgIpc) is 2.19. The van der Waals surface area contributed by atoms with Crippen LogP contribution in [-0.4, -0.2) is 87.4 Å². The van der Waals surface area contributed by atoms with E-state index in [1.165, 1.54) is 250 Å². The Hall–Kier alpha value is -4.31. The lowest BCUT2D eigenvalue weighted by Crippen LogP contribution is -2.40. The zero-order valence-electron chi connectivity index (χ0n) is 65.4.